The summed E-state index contributed by atoms with van der Waals surface area (Å²) < 4.78 is 45.0. The summed E-state index contributed by atoms with van der Waals surface area (Å²) in [7, 11) is -1.47. The molecule has 2 aliphatic rings. The summed E-state index contributed by atoms with van der Waals surface area (Å²) >= 11 is 0. The van der Waals surface area contributed by atoms with Crippen LogP contribution < -0.4 is 0 Å². The maximum atomic E-state index is 11.7. The molecule has 6 nitrogen and oxygen atoms in total. The summed E-state index contributed by atoms with van der Waals surface area (Å²) in [5, 5.41) is -0.870. The number of carbonyl (C=O) groups is 1. The maximum absolute atomic E-state index is 11.7. The van der Waals surface area contributed by atoms with Gasteiger partial charge in [0.2, 0.25) is 15.0 Å². The van der Waals surface area contributed by atoms with Crippen molar-refractivity contribution in [2.24, 2.45) is 0 Å². The average molecular weight is 316 g/mol. The molecule has 0 saturated carbocycles. The number of sulfone groups is 1. The monoisotopic (exact) mass is 315 g/mol. The van der Waals surface area contributed by atoms with E-state index in [1.54, 1.807) is 0 Å². The molecular formula is C9H14ClNO5S2. The second-order valence-electron chi connectivity index (χ2n) is 4.73. The summed E-state index contributed by atoms with van der Waals surface area (Å²) in [4.78, 5) is 13.2. The van der Waals surface area contributed by atoms with Crippen LogP contribution in [0.3, 0.4) is 0 Å². The van der Waals surface area contributed by atoms with Crippen molar-refractivity contribution >= 4 is 35.5 Å². The van der Waals surface area contributed by atoms with E-state index in [0.717, 1.165) is 0 Å². The Morgan fingerprint density at radius 2 is 1.78 bits per heavy atom. The summed E-state index contributed by atoms with van der Waals surface area (Å²) in [5.41, 5.74) is 0. The fraction of sp³-hybridized carbons (Fsp3) is 0.889. The third-order valence-electron chi connectivity index (χ3n) is 3.49. The second kappa shape index (κ2) is 4.64. The standard InChI is InChI=1S/C9H14ClNO5S2/c10-18(15,16)8-5-9(12)11(6-8)7-1-3-17(13,14)4-2-7/h7-8H,1-6H2. The van der Waals surface area contributed by atoms with Crippen molar-refractivity contribution in [3.8, 4) is 0 Å². The number of hydrogen-bond acceptors (Lipinski definition) is 5. The first kappa shape index (κ1) is 14.1. The number of hydrogen-bond donors (Lipinski definition) is 0. The molecular weight excluding hydrogens is 302 g/mol. The molecule has 2 rings (SSSR count). The number of rotatable bonds is 2. The van der Waals surface area contributed by atoms with E-state index in [1.165, 1.54) is 4.90 Å². The lowest BCUT2D eigenvalue weighted by Crippen LogP contribution is -2.42. The first-order valence-corrected chi connectivity index (χ1v) is 9.82. The minimum atomic E-state index is -3.74. The van der Waals surface area contributed by atoms with Crippen molar-refractivity contribution in [3.63, 3.8) is 0 Å². The van der Waals surface area contributed by atoms with E-state index in [1.807, 2.05) is 0 Å². The van der Waals surface area contributed by atoms with Gasteiger partial charge < -0.3 is 4.90 Å². The zero-order valence-electron chi connectivity index (χ0n) is 9.58. The molecule has 0 N–H and O–H groups in total. The molecule has 0 aromatic carbocycles. The van der Waals surface area contributed by atoms with Crippen LogP contribution in [0.25, 0.3) is 0 Å². The zero-order valence-corrected chi connectivity index (χ0v) is 12.0. The van der Waals surface area contributed by atoms with Gasteiger partial charge in [0.05, 0.1) is 11.5 Å². The van der Waals surface area contributed by atoms with E-state index in [0.29, 0.717) is 12.8 Å². The lowest BCUT2D eigenvalue weighted by Gasteiger charge is -2.30. The minimum Gasteiger partial charge on any atom is -0.338 e. The predicted octanol–water partition coefficient (Wildman–Crippen LogP) is -0.267. The Hall–Kier alpha value is -0.340. The van der Waals surface area contributed by atoms with Crippen LogP contribution in [0.5, 0.6) is 0 Å². The molecule has 1 unspecified atom stereocenters. The predicted molar refractivity (Wildman–Crippen MR) is 66.6 cm³/mol. The Morgan fingerprint density at radius 1 is 1.22 bits per heavy atom. The van der Waals surface area contributed by atoms with E-state index in [9.17, 15) is 21.6 Å². The Labute approximate surface area is 111 Å². The molecule has 0 aromatic heterocycles. The highest BCUT2D eigenvalue weighted by Gasteiger charge is 2.41. The summed E-state index contributed by atoms with van der Waals surface area (Å²) in [6.07, 6.45) is 0.654. The topological polar surface area (TPSA) is 88.6 Å². The molecule has 2 saturated heterocycles. The van der Waals surface area contributed by atoms with Gasteiger partial charge in [-0.3, -0.25) is 4.79 Å². The molecule has 0 bridgehead atoms. The minimum absolute atomic E-state index is 0.0553. The van der Waals surface area contributed by atoms with Gasteiger partial charge in [0.15, 0.2) is 0 Å². The highest BCUT2D eigenvalue weighted by molar-refractivity contribution is 8.14. The second-order valence-corrected chi connectivity index (χ2v) is 9.94. The molecule has 18 heavy (non-hydrogen) atoms. The van der Waals surface area contributed by atoms with Gasteiger partial charge in [-0.25, -0.2) is 16.8 Å². The average Bonchev–Trinajstić information content (AvgIpc) is 2.60. The third kappa shape index (κ3) is 2.97. The van der Waals surface area contributed by atoms with E-state index >= 15 is 0 Å². The molecule has 9 heteroatoms. The van der Waals surface area contributed by atoms with Crippen molar-refractivity contribution in [2.75, 3.05) is 18.1 Å². The number of nitrogens with zero attached hydrogens (tertiary/aromatic N) is 1. The summed E-state index contributed by atoms with van der Waals surface area (Å²) in [6, 6.07) is -0.176. The molecule has 2 aliphatic heterocycles. The molecule has 2 fully saturated rings. The number of likely N-dealkylation sites (tertiary alicyclic amines) is 1. The fourth-order valence-corrected chi connectivity index (χ4v) is 4.93. The van der Waals surface area contributed by atoms with Crippen LogP contribution in [-0.2, 0) is 23.7 Å². The van der Waals surface area contributed by atoms with Gasteiger partial charge in [0, 0.05) is 29.7 Å². The number of carbonyl (C=O) groups excluding carboxylic acids is 1. The van der Waals surface area contributed by atoms with Crippen LogP contribution in [0.15, 0.2) is 0 Å². The van der Waals surface area contributed by atoms with Crippen molar-refractivity contribution in [2.45, 2.75) is 30.6 Å². The highest BCUT2D eigenvalue weighted by atomic mass is 35.7. The van der Waals surface area contributed by atoms with Crippen LogP contribution in [0.4, 0.5) is 0 Å². The van der Waals surface area contributed by atoms with Crippen LogP contribution >= 0.6 is 10.7 Å². The fourth-order valence-electron chi connectivity index (χ4n) is 2.43. The van der Waals surface area contributed by atoms with Gasteiger partial charge in [0.25, 0.3) is 0 Å². The van der Waals surface area contributed by atoms with Gasteiger partial charge >= 0.3 is 0 Å². The van der Waals surface area contributed by atoms with Crippen LogP contribution in [0, 0.1) is 0 Å². The SMILES string of the molecule is O=C1CC(S(=O)(=O)Cl)CN1C1CCS(=O)(=O)CC1. The molecule has 1 atom stereocenters. The van der Waals surface area contributed by atoms with Crippen LogP contribution in [0.2, 0.25) is 0 Å². The van der Waals surface area contributed by atoms with E-state index in [2.05, 4.69) is 0 Å². The molecule has 0 spiro atoms. The van der Waals surface area contributed by atoms with Gasteiger partial charge in [-0.05, 0) is 12.8 Å². The van der Waals surface area contributed by atoms with E-state index in [-0.39, 0.29) is 36.4 Å². The van der Waals surface area contributed by atoms with Crippen LogP contribution in [-0.4, -0.2) is 57.0 Å². The Bertz CT molecular complexity index is 542. The Kier molecular flexibility index (Phi) is 3.63. The van der Waals surface area contributed by atoms with Gasteiger partial charge in [-0.15, -0.1) is 0 Å². The van der Waals surface area contributed by atoms with Crippen molar-refractivity contribution in [1.29, 1.82) is 0 Å². The number of amides is 1. The number of halogens is 1. The normalized spacial score (nSPS) is 29.7. The van der Waals surface area contributed by atoms with Crippen LogP contribution in [0.1, 0.15) is 19.3 Å². The Balaban J connectivity index is 2.06. The first-order chi connectivity index (χ1) is 8.19. The van der Waals surface area contributed by atoms with Crippen molar-refractivity contribution in [3.05, 3.63) is 0 Å². The van der Waals surface area contributed by atoms with E-state index < -0.39 is 24.1 Å². The maximum Gasteiger partial charge on any atom is 0.237 e. The van der Waals surface area contributed by atoms with Gasteiger partial charge in [0.1, 0.15) is 15.1 Å². The Morgan fingerprint density at radius 3 is 2.22 bits per heavy atom. The lowest BCUT2D eigenvalue weighted by atomic mass is 10.1. The third-order valence-corrected chi connectivity index (χ3v) is 7.07. The molecule has 2 heterocycles. The van der Waals surface area contributed by atoms with Gasteiger partial charge in [-0.1, -0.05) is 0 Å². The lowest BCUT2D eigenvalue weighted by molar-refractivity contribution is -0.129. The first-order valence-electron chi connectivity index (χ1n) is 5.62. The molecule has 0 radical (unpaired) electrons. The largest absolute Gasteiger partial charge is 0.338 e. The molecule has 1 amide bonds. The van der Waals surface area contributed by atoms with Crippen molar-refractivity contribution < 1.29 is 21.6 Å². The summed E-state index contributed by atoms with van der Waals surface area (Å²) in [6.45, 7) is 0.0788. The molecule has 104 valence electrons. The van der Waals surface area contributed by atoms with Gasteiger partial charge in [-0.2, -0.15) is 0 Å². The smallest absolute Gasteiger partial charge is 0.237 e. The quantitative estimate of drug-likeness (QED) is 0.655. The summed E-state index contributed by atoms with van der Waals surface area (Å²) in [5.74, 6) is -0.145. The van der Waals surface area contributed by atoms with Crippen molar-refractivity contribution in [1.82, 2.24) is 4.90 Å². The van der Waals surface area contributed by atoms with E-state index in [4.69, 9.17) is 10.7 Å². The zero-order chi connectivity index (χ0) is 13.6. The molecule has 0 aromatic rings. The molecule has 0 aliphatic carbocycles. The highest BCUT2D eigenvalue weighted by Crippen LogP contribution is 2.27.